The maximum absolute atomic E-state index is 10.5. The van der Waals surface area contributed by atoms with E-state index in [2.05, 4.69) is 33.8 Å². The molecule has 1 atom stereocenters. The van der Waals surface area contributed by atoms with Crippen molar-refractivity contribution in [3.8, 4) is 0 Å². The van der Waals surface area contributed by atoms with Gasteiger partial charge in [-0.3, -0.25) is 0 Å². The van der Waals surface area contributed by atoms with E-state index in [9.17, 15) is 4.79 Å². The molecule has 24 heavy (non-hydrogen) atoms. The quantitative estimate of drug-likeness (QED) is 0.315. The molecule has 1 N–H and O–H groups in total. The Labute approximate surface area is 148 Å². The summed E-state index contributed by atoms with van der Waals surface area (Å²) in [6.07, 6.45) is 16.8. The lowest BCUT2D eigenvalue weighted by molar-refractivity contribution is -0.131. The van der Waals surface area contributed by atoms with Gasteiger partial charge in [-0.25, -0.2) is 4.79 Å². The molecule has 1 unspecified atom stereocenters. The molecule has 0 saturated heterocycles. The van der Waals surface area contributed by atoms with Gasteiger partial charge in [0.1, 0.15) is 0 Å². The zero-order valence-electron chi connectivity index (χ0n) is 16.1. The summed E-state index contributed by atoms with van der Waals surface area (Å²) in [7, 11) is 0. The lowest BCUT2D eigenvalue weighted by Crippen LogP contribution is -2.20. The predicted molar refractivity (Wildman–Crippen MR) is 103 cm³/mol. The average molecular weight is 331 g/mol. The molecule has 134 valence electrons. The molecule has 0 aromatic heterocycles. The highest BCUT2D eigenvalue weighted by Gasteiger charge is 2.27. The van der Waals surface area contributed by atoms with Crippen molar-refractivity contribution >= 4 is 5.97 Å². The minimum Gasteiger partial charge on any atom is -0.478 e. The van der Waals surface area contributed by atoms with Gasteiger partial charge in [0.2, 0.25) is 0 Å². The van der Waals surface area contributed by atoms with Crippen molar-refractivity contribution in [2.24, 2.45) is 11.3 Å². The summed E-state index contributed by atoms with van der Waals surface area (Å²) in [6, 6.07) is 0. The molecule has 0 heterocycles. The summed E-state index contributed by atoms with van der Waals surface area (Å²) < 4.78 is 0. The molecular formula is C22H34O2. The highest BCUT2D eigenvalue weighted by molar-refractivity contribution is 5.81. The standard InChI is InChI=1S/C22H34O2/c1-17(10-6-7-11-18(2)16-21(23)24)12-8-14-20-19(3)13-9-15-22(20,4)5/h6-7,10-11,16-17H,8-9,12-15H2,1-5H3,(H,23,24)/b10-6?,11-7+,18-16+. The van der Waals surface area contributed by atoms with Gasteiger partial charge in [-0.05, 0) is 69.3 Å². The minimum atomic E-state index is -0.898. The second-order valence-electron chi connectivity index (χ2n) is 7.84. The lowest BCUT2D eigenvalue weighted by Gasteiger charge is -2.35. The third kappa shape index (κ3) is 7.33. The Balaban J connectivity index is 2.41. The molecule has 1 aliphatic carbocycles. The van der Waals surface area contributed by atoms with Crippen LogP contribution in [0.25, 0.3) is 0 Å². The fourth-order valence-corrected chi connectivity index (χ4v) is 3.63. The summed E-state index contributed by atoms with van der Waals surface area (Å²) in [5, 5.41) is 8.66. The van der Waals surface area contributed by atoms with Crippen LogP contribution in [0.1, 0.15) is 73.1 Å². The van der Waals surface area contributed by atoms with E-state index in [1.807, 2.05) is 18.2 Å². The maximum atomic E-state index is 10.5. The van der Waals surface area contributed by atoms with E-state index >= 15 is 0 Å². The van der Waals surface area contributed by atoms with Gasteiger partial charge >= 0.3 is 5.97 Å². The molecule has 0 saturated carbocycles. The van der Waals surface area contributed by atoms with Crippen LogP contribution in [-0.4, -0.2) is 11.1 Å². The first-order valence-electron chi connectivity index (χ1n) is 9.17. The van der Waals surface area contributed by atoms with E-state index in [-0.39, 0.29) is 0 Å². The van der Waals surface area contributed by atoms with Crippen molar-refractivity contribution < 1.29 is 9.90 Å². The SMILES string of the molecule is CC1=C(CCCC(C)C=C/C=C/C(C)=C/C(=O)O)C(C)(C)CCC1. The minimum absolute atomic E-state index is 0.387. The molecule has 0 radical (unpaired) electrons. The number of carbonyl (C=O) groups is 1. The van der Waals surface area contributed by atoms with Crippen LogP contribution in [-0.2, 0) is 4.79 Å². The Morgan fingerprint density at radius 2 is 2.04 bits per heavy atom. The summed E-state index contributed by atoms with van der Waals surface area (Å²) in [6.45, 7) is 11.1. The molecule has 2 heteroatoms. The van der Waals surface area contributed by atoms with Crippen LogP contribution in [0.5, 0.6) is 0 Å². The number of carboxylic acid groups (broad SMARTS) is 1. The second-order valence-corrected chi connectivity index (χ2v) is 7.84. The van der Waals surface area contributed by atoms with Crippen molar-refractivity contribution in [2.75, 3.05) is 0 Å². The van der Waals surface area contributed by atoms with E-state index in [4.69, 9.17) is 5.11 Å². The Morgan fingerprint density at radius 1 is 1.33 bits per heavy atom. The summed E-state index contributed by atoms with van der Waals surface area (Å²) in [5.74, 6) is -0.351. The lowest BCUT2D eigenvalue weighted by atomic mass is 9.71. The van der Waals surface area contributed by atoms with Crippen LogP contribution < -0.4 is 0 Å². The number of aliphatic carboxylic acids is 1. The number of carboxylic acids is 1. The number of allylic oxidation sites excluding steroid dienone is 7. The smallest absolute Gasteiger partial charge is 0.328 e. The third-order valence-corrected chi connectivity index (χ3v) is 5.03. The van der Waals surface area contributed by atoms with E-state index in [1.54, 1.807) is 18.1 Å². The van der Waals surface area contributed by atoms with Gasteiger partial charge in [0.25, 0.3) is 0 Å². The Kier molecular flexibility index (Phi) is 8.24. The second kappa shape index (κ2) is 9.66. The predicted octanol–water partition coefficient (Wildman–Crippen LogP) is 6.46. The number of hydrogen-bond donors (Lipinski definition) is 1. The fraction of sp³-hybridized carbons (Fsp3) is 0.591. The van der Waals surface area contributed by atoms with Crippen LogP contribution in [0.15, 0.2) is 47.1 Å². The van der Waals surface area contributed by atoms with E-state index in [0.29, 0.717) is 11.3 Å². The van der Waals surface area contributed by atoms with E-state index in [1.165, 1.54) is 44.6 Å². The van der Waals surface area contributed by atoms with Crippen molar-refractivity contribution in [1.82, 2.24) is 0 Å². The molecule has 0 amide bonds. The molecule has 0 bridgehead atoms. The van der Waals surface area contributed by atoms with Crippen molar-refractivity contribution in [1.29, 1.82) is 0 Å². The molecule has 1 rings (SSSR count). The molecule has 1 aliphatic rings. The third-order valence-electron chi connectivity index (χ3n) is 5.03. The Bertz CT molecular complexity index is 544. The van der Waals surface area contributed by atoms with E-state index < -0.39 is 5.97 Å². The average Bonchev–Trinajstić information content (AvgIpc) is 2.45. The Hall–Kier alpha value is -1.57. The molecule has 0 aromatic carbocycles. The van der Waals surface area contributed by atoms with E-state index in [0.717, 1.165) is 5.57 Å². The maximum Gasteiger partial charge on any atom is 0.328 e. The zero-order valence-corrected chi connectivity index (χ0v) is 16.1. The normalized spacial score (nSPS) is 20.1. The topological polar surface area (TPSA) is 37.3 Å². The number of hydrogen-bond acceptors (Lipinski definition) is 1. The van der Waals surface area contributed by atoms with Gasteiger partial charge in [-0.1, -0.05) is 56.2 Å². The highest BCUT2D eigenvalue weighted by Crippen LogP contribution is 2.42. The zero-order chi connectivity index (χ0) is 18.2. The van der Waals surface area contributed by atoms with Crippen molar-refractivity contribution in [3.05, 3.63) is 47.1 Å². The van der Waals surface area contributed by atoms with Gasteiger partial charge in [-0.2, -0.15) is 0 Å². The van der Waals surface area contributed by atoms with Crippen LogP contribution in [0, 0.1) is 11.3 Å². The van der Waals surface area contributed by atoms with Gasteiger partial charge in [0, 0.05) is 6.08 Å². The molecule has 0 aliphatic heterocycles. The molecule has 0 fully saturated rings. The van der Waals surface area contributed by atoms with Crippen LogP contribution in [0.3, 0.4) is 0 Å². The first-order chi connectivity index (χ1) is 11.2. The van der Waals surface area contributed by atoms with Crippen molar-refractivity contribution in [3.63, 3.8) is 0 Å². The summed E-state index contributed by atoms with van der Waals surface area (Å²) >= 11 is 0. The van der Waals surface area contributed by atoms with Gasteiger partial charge < -0.3 is 5.11 Å². The molecule has 0 aromatic rings. The Morgan fingerprint density at radius 3 is 2.67 bits per heavy atom. The van der Waals surface area contributed by atoms with Crippen LogP contribution in [0.2, 0.25) is 0 Å². The monoisotopic (exact) mass is 330 g/mol. The first-order valence-corrected chi connectivity index (χ1v) is 9.17. The van der Waals surface area contributed by atoms with Gasteiger partial charge in [0.15, 0.2) is 0 Å². The number of rotatable bonds is 8. The molecule has 2 nitrogen and oxygen atoms in total. The van der Waals surface area contributed by atoms with Crippen LogP contribution in [0.4, 0.5) is 0 Å². The fourth-order valence-electron chi connectivity index (χ4n) is 3.63. The van der Waals surface area contributed by atoms with Gasteiger partial charge in [0.05, 0.1) is 0 Å². The van der Waals surface area contributed by atoms with Crippen LogP contribution >= 0.6 is 0 Å². The summed E-state index contributed by atoms with van der Waals surface area (Å²) in [4.78, 5) is 10.5. The molecule has 0 spiro atoms. The summed E-state index contributed by atoms with van der Waals surface area (Å²) in [5.41, 5.74) is 4.46. The largest absolute Gasteiger partial charge is 0.478 e. The first kappa shape index (κ1) is 20.5. The molecular weight excluding hydrogens is 296 g/mol. The highest BCUT2D eigenvalue weighted by atomic mass is 16.4. The van der Waals surface area contributed by atoms with Crippen molar-refractivity contribution in [2.45, 2.75) is 73.1 Å². The van der Waals surface area contributed by atoms with Gasteiger partial charge in [-0.15, -0.1) is 0 Å².